The summed E-state index contributed by atoms with van der Waals surface area (Å²) in [5, 5.41) is 9.07. The van der Waals surface area contributed by atoms with Crippen LogP contribution < -0.4 is 0 Å². The number of carboxylic acid groups (broad SMARTS) is 1. The van der Waals surface area contributed by atoms with Gasteiger partial charge in [0.25, 0.3) is 0 Å². The van der Waals surface area contributed by atoms with Gasteiger partial charge in [0.1, 0.15) is 18.0 Å². The van der Waals surface area contributed by atoms with E-state index in [1.54, 1.807) is 6.07 Å². The second kappa shape index (κ2) is 4.24. The molecule has 1 N–H and O–H groups in total. The van der Waals surface area contributed by atoms with Gasteiger partial charge >= 0.3 is 6.09 Å². The third-order valence-electron chi connectivity index (χ3n) is 3.63. The molecule has 0 saturated carbocycles. The second-order valence-electron chi connectivity index (χ2n) is 4.76. The van der Waals surface area contributed by atoms with Crippen molar-refractivity contribution in [3.05, 3.63) is 35.6 Å². The predicted molar refractivity (Wildman–Crippen MR) is 61.8 cm³/mol. The molecule has 5 heteroatoms. The minimum atomic E-state index is -0.897. The topological polar surface area (TPSA) is 53.1 Å². The Bertz CT molecular complexity index is 479. The number of hydrogen-bond donors (Lipinski definition) is 1. The SMILES string of the molecule is O=C(O)N1CCCC1[C@@H]1O[C@H]1c1cccc(F)c1. The molecule has 2 fully saturated rings. The van der Waals surface area contributed by atoms with Gasteiger partial charge in [0.2, 0.25) is 0 Å². The summed E-state index contributed by atoms with van der Waals surface area (Å²) >= 11 is 0. The summed E-state index contributed by atoms with van der Waals surface area (Å²) in [6.07, 6.45) is 0.511. The molecule has 0 spiro atoms. The lowest BCUT2D eigenvalue weighted by Gasteiger charge is -2.19. The summed E-state index contributed by atoms with van der Waals surface area (Å²) in [5.41, 5.74) is 0.789. The first-order valence-electron chi connectivity index (χ1n) is 6.07. The monoisotopic (exact) mass is 251 g/mol. The maximum atomic E-state index is 13.1. The average Bonchev–Trinajstić information content (AvgIpc) is 2.98. The summed E-state index contributed by atoms with van der Waals surface area (Å²) < 4.78 is 18.7. The first-order chi connectivity index (χ1) is 8.66. The van der Waals surface area contributed by atoms with E-state index in [0.29, 0.717) is 6.54 Å². The fourth-order valence-electron chi connectivity index (χ4n) is 2.74. The molecule has 2 aliphatic rings. The van der Waals surface area contributed by atoms with Crippen molar-refractivity contribution in [1.29, 1.82) is 0 Å². The van der Waals surface area contributed by atoms with Crippen LogP contribution in [-0.2, 0) is 4.74 Å². The van der Waals surface area contributed by atoms with Crippen LogP contribution in [0.5, 0.6) is 0 Å². The van der Waals surface area contributed by atoms with Gasteiger partial charge in [-0.15, -0.1) is 0 Å². The van der Waals surface area contributed by atoms with Gasteiger partial charge < -0.3 is 14.7 Å². The van der Waals surface area contributed by atoms with Gasteiger partial charge in [-0.1, -0.05) is 12.1 Å². The summed E-state index contributed by atoms with van der Waals surface area (Å²) in [5.74, 6) is -0.289. The predicted octanol–water partition coefficient (Wildman–Crippen LogP) is 2.41. The maximum absolute atomic E-state index is 13.1. The molecule has 1 amide bonds. The fourth-order valence-corrected chi connectivity index (χ4v) is 2.74. The summed E-state index contributed by atoms with van der Waals surface area (Å²) in [4.78, 5) is 12.5. The van der Waals surface area contributed by atoms with Crippen LogP contribution in [0.3, 0.4) is 0 Å². The van der Waals surface area contributed by atoms with Crippen molar-refractivity contribution in [3.8, 4) is 0 Å². The van der Waals surface area contributed by atoms with Crippen LogP contribution >= 0.6 is 0 Å². The van der Waals surface area contributed by atoms with Gasteiger partial charge in [0.15, 0.2) is 0 Å². The van der Waals surface area contributed by atoms with Crippen LogP contribution in [0.4, 0.5) is 9.18 Å². The molecule has 0 aromatic heterocycles. The van der Waals surface area contributed by atoms with E-state index in [4.69, 9.17) is 9.84 Å². The Morgan fingerprint density at radius 3 is 3.06 bits per heavy atom. The van der Waals surface area contributed by atoms with E-state index < -0.39 is 6.09 Å². The van der Waals surface area contributed by atoms with Crippen LogP contribution in [-0.4, -0.2) is 34.8 Å². The Labute approximate surface area is 104 Å². The van der Waals surface area contributed by atoms with Crippen molar-refractivity contribution < 1.29 is 19.0 Å². The van der Waals surface area contributed by atoms with E-state index in [1.165, 1.54) is 17.0 Å². The van der Waals surface area contributed by atoms with Gasteiger partial charge in [0.05, 0.1) is 6.04 Å². The number of hydrogen-bond acceptors (Lipinski definition) is 2. The Kier molecular flexibility index (Phi) is 2.70. The number of carbonyl (C=O) groups is 1. The third-order valence-corrected chi connectivity index (χ3v) is 3.63. The molecule has 1 aromatic rings. The van der Waals surface area contributed by atoms with Crippen LogP contribution in [0, 0.1) is 5.82 Å². The molecular formula is C13H14FNO3. The Morgan fingerprint density at radius 2 is 2.33 bits per heavy atom. The Balaban J connectivity index is 1.72. The molecule has 0 bridgehead atoms. The van der Waals surface area contributed by atoms with E-state index in [-0.39, 0.29) is 24.1 Å². The molecule has 1 aromatic carbocycles. The highest BCUT2D eigenvalue weighted by Crippen LogP contribution is 2.45. The number of nitrogens with zero attached hydrogens (tertiary/aromatic N) is 1. The van der Waals surface area contributed by atoms with Gasteiger partial charge in [0, 0.05) is 6.54 Å². The lowest BCUT2D eigenvalue weighted by molar-refractivity contribution is 0.132. The number of ether oxygens (including phenoxy) is 1. The van der Waals surface area contributed by atoms with Crippen molar-refractivity contribution in [2.45, 2.75) is 31.1 Å². The van der Waals surface area contributed by atoms with Gasteiger partial charge in [-0.25, -0.2) is 9.18 Å². The normalized spacial score (nSPS) is 30.5. The first-order valence-corrected chi connectivity index (χ1v) is 6.07. The number of epoxide rings is 1. The molecule has 18 heavy (non-hydrogen) atoms. The van der Waals surface area contributed by atoms with Crippen LogP contribution in [0.1, 0.15) is 24.5 Å². The molecule has 2 aliphatic heterocycles. The van der Waals surface area contributed by atoms with Crippen molar-refractivity contribution in [1.82, 2.24) is 4.90 Å². The number of halogens is 1. The standard InChI is InChI=1S/C13H14FNO3/c14-9-4-1-3-8(7-9)11-12(18-11)10-5-2-6-15(10)13(16)17/h1,3-4,7,10-12H,2,5-6H2,(H,16,17)/t10?,11-,12-/m0/s1. The highest BCUT2D eigenvalue weighted by molar-refractivity contribution is 5.66. The fraction of sp³-hybridized carbons (Fsp3) is 0.462. The van der Waals surface area contributed by atoms with Crippen molar-refractivity contribution >= 4 is 6.09 Å². The molecule has 2 saturated heterocycles. The van der Waals surface area contributed by atoms with Gasteiger partial charge in [-0.05, 0) is 30.5 Å². The molecule has 2 heterocycles. The van der Waals surface area contributed by atoms with Crippen molar-refractivity contribution in [2.75, 3.05) is 6.54 Å². The number of benzene rings is 1. The van der Waals surface area contributed by atoms with E-state index >= 15 is 0 Å². The first kappa shape index (κ1) is 11.5. The molecule has 1 unspecified atom stereocenters. The zero-order valence-corrected chi connectivity index (χ0v) is 9.75. The van der Waals surface area contributed by atoms with E-state index in [2.05, 4.69) is 0 Å². The molecule has 4 nitrogen and oxygen atoms in total. The second-order valence-corrected chi connectivity index (χ2v) is 4.76. The quantitative estimate of drug-likeness (QED) is 0.821. The lowest BCUT2D eigenvalue weighted by Crippen LogP contribution is -2.37. The van der Waals surface area contributed by atoms with E-state index in [9.17, 15) is 9.18 Å². The van der Waals surface area contributed by atoms with Crippen molar-refractivity contribution in [2.24, 2.45) is 0 Å². The summed E-state index contributed by atoms with van der Waals surface area (Å²) in [7, 11) is 0. The summed E-state index contributed by atoms with van der Waals surface area (Å²) in [6, 6.07) is 6.21. The minimum absolute atomic E-state index is 0.0873. The van der Waals surface area contributed by atoms with E-state index in [1.807, 2.05) is 6.07 Å². The van der Waals surface area contributed by atoms with Crippen LogP contribution in [0.25, 0.3) is 0 Å². The molecule has 3 rings (SSSR count). The van der Waals surface area contributed by atoms with Crippen LogP contribution in [0.2, 0.25) is 0 Å². The number of amides is 1. The molecule has 3 atom stereocenters. The smallest absolute Gasteiger partial charge is 0.407 e. The highest BCUT2D eigenvalue weighted by atomic mass is 19.1. The average molecular weight is 251 g/mol. The highest BCUT2D eigenvalue weighted by Gasteiger charge is 2.50. The zero-order chi connectivity index (χ0) is 12.7. The third kappa shape index (κ3) is 1.95. The molecule has 0 aliphatic carbocycles. The largest absolute Gasteiger partial charge is 0.465 e. The van der Waals surface area contributed by atoms with Gasteiger partial charge in [-0.2, -0.15) is 0 Å². The molecular weight excluding hydrogens is 237 g/mol. The number of rotatable bonds is 2. The maximum Gasteiger partial charge on any atom is 0.407 e. The van der Waals surface area contributed by atoms with E-state index in [0.717, 1.165) is 18.4 Å². The van der Waals surface area contributed by atoms with Crippen LogP contribution in [0.15, 0.2) is 24.3 Å². The minimum Gasteiger partial charge on any atom is -0.465 e. The lowest BCUT2D eigenvalue weighted by atomic mass is 10.0. The molecule has 96 valence electrons. The zero-order valence-electron chi connectivity index (χ0n) is 9.75. The summed E-state index contributed by atoms with van der Waals surface area (Å²) in [6.45, 7) is 0.565. The van der Waals surface area contributed by atoms with Gasteiger partial charge in [-0.3, -0.25) is 0 Å². The number of likely N-dealkylation sites (tertiary alicyclic amines) is 1. The molecule has 0 radical (unpaired) electrons. The van der Waals surface area contributed by atoms with Crippen molar-refractivity contribution in [3.63, 3.8) is 0 Å². The Hall–Kier alpha value is -1.62. The Morgan fingerprint density at radius 1 is 1.50 bits per heavy atom.